The first kappa shape index (κ1) is 13.3. The highest BCUT2D eigenvalue weighted by molar-refractivity contribution is 5.15. The van der Waals surface area contributed by atoms with Crippen LogP contribution in [-0.4, -0.2) is 48.5 Å². The van der Waals surface area contributed by atoms with Gasteiger partial charge in [-0.25, -0.2) is 0 Å². The molecule has 0 bridgehead atoms. The highest BCUT2D eigenvalue weighted by Gasteiger charge is 2.14. The number of aromatic nitrogens is 1. The summed E-state index contributed by atoms with van der Waals surface area (Å²) < 4.78 is 5.44. The van der Waals surface area contributed by atoms with Gasteiger partial charge < -0.3 is 20.5 Å². The molecule has 1 atom stereocenters. The molecule has 1 fully saturated rings. The van der Waals surface area contributed by atoms with Crippen LogP contribution in [0.3, 0.4) is 0 Å². The van der Waals surface area contributed by atoms with Crippen LogP contribution in [0, 0.1) is 0 Å². The Morgan fingerprint density at radius 3 is 3.06 bits per heavy atom. The van der Waals surface area contributed by atoms with E-state index in [9.17, 15) is 5.11 Å². The van der Waals surface area contributed by atoms with Gasteiger partial charge in [-0.3, -0.25) is 4.98 Å². The third-order valence-electron chi connectivity index (χ3n) is 3.06. The van der Waals surface area contributed by atoms with Gasteiger partial charge in [0.15, 0.2) is 0 Å². The van der Waals surface area contributed by atoms with Gasteiger partial charge in [0.1, 0.15) is 18.5 Å². The Bertz CT molecular complexity index is 328. The molecule has 0 amide bonds. The van der Waals surface area contributed by atoms with Crippen LogP contribution in [0.25, 0.3) is 0 Å². The number of nitrogens with one attached hydrogen (secondary N) is 2. The SMILES string of the molecule is O[C@@H](CNC1CCNCC1)COc1cccnc1. The quantitative estimate of drug-likeness (QED) is 0.672. The smallest absolute Gasteiger partial charge is 0.137 e. The first-order chi connectivity index (χ1) is 8.84. The Hall–Kier alpha value is -1.17. The normalized spacial score (nSPS) is 18.5. The van der Waals surface area contributed by atoms with Gasteiger partial charge in [-0.1, -0.05) is 0 Å². The van der Waals surface area contributed by atoms with Crippen LogP contribution in [0.4, 0.5) is 0 Å². The number of hydrogen-bond acceptors (Lipinski definition) is 5. The molecule has 0 aromatic carbocycles. The van der Waals surface area contributed by atoms with E-state index in [-0.39, 0.29) is 0 Å². The van der Waals surface area contributed by atoms with E-state index in [4.69, 9.17) is 4.74 Å². The van der Waals surface area contributed by atoms with Gasteiger partial charge in [-0.05, 0) is 38.1 Å². The molecule has 0 spiro atoms. The number of rotatable bonds is 6. The van der Waals surface area contributed by atoms with Gasteiger partial charge in [0.05, 0.1) is 6.20 Å². The Kier molecular flexibility index (Phi) is 5.38. The number of aliphatic hydroxyl groups is 1. The Labute approximate surface area is 108 Å². The molecule has 1 aliphatic rings. The van der Waals surface area contributed by atoms with Crippen molar-refractivity contribution >= 4 is 0 Å². The fourth-order valence-electron chi connectivity index (χ4n) is 2.01. The van der Waals surface area contributed by atoms with Crippen LogP contribution in [-0.2, 0) is 0 Å². The summed E-state index contributed by atoms with van der Waals surface area (Å²) >= 11 is 0. The first-order valence-corrected chi connectivity index (χ1v) is 6.49. The van der Waals surface area contributed by atoms with Crippen molar-refractivity contribution in [3.05, 3.63) is 24.5 Å². The van der Waals surface area contributed by atoms with Crippen LogP contribution in [0.5, 0.6) is 5.75 Å². The van der Waals surface area contributed by atoms with Crippen molar-refractivity contribution in [1.29, 1.82) is 0 Å². The third-order valence-corrected chi connectivity index (χ3v) is 3.06. The second kappa shape index (κ2) is 7.31. The molecule has 0 unspecified atom stereocenters. The molecule has 3 N–H and O–H groups in total. The molecule has 100 valence electrons. The fraction of sp³-hybridized carbons (Fsp3) is 0.615. The predicted octanol–water partition coefficient (Wildman–Crippen LogP) is 0.163. The minimum Gasteiger partial charge on any atom is -0.489 e. The van der Waals surface area contributed by atoms with E-state index in [0.717, 1.165) is 25.9 Å². The average Bonchev–Trinajstić information content (AvgIpc) is 2.45. The highest BCUT2D eigenvalue weighted by atomic mass is 16.5. The summed E-state index contributed by atoms with van der Waals surface area (Å²) in [5, 5.41) is 16.5. The number of pyridine rings is 1. The first-order valence-electron chi connectivity index (χ1n) is 6.49. The summed E-state index contributed by atoms with van der Waals surface area (Å²) in [6.45, 7) is 2.98. The molecule has 1 aromatic rings. The minimum absolute atomic E-state index is 0.295. The van der Waals surface area contributed by atoms with Gasteiger partial charge >= 0.3 is 0 Å². The molecule has 1 saturated heterocycles. The van der Waals surface area contributed by atoms with Crippen LogP contribution >= 0.6 is 0 Å². The fourth-order valence-corrected chi connectivity index (χ4v) is 2.01. The Balaban J connectivity index is 1.61. The van der Waals surface area contributed by atoms with E-state index in [1.165, 1.54) is 0 Å². The van der Waals surface area contributed by atoms with Crippen LogP contribution in [0.1, 0.15) is 12.8 Å². The van der Waals surface area contributed by atoms with Crippen molar-refractivity contribution in [3.8, 4) is 5.75 Å². The molecule has 2 heterocycles. The van der Waals surface area contributed by atoms with Crippen molar-refractivity contribution < 1.29 is 9.84 Å². The second-order valence-electron chi connectivity index (χ2n) is 4.59. The molecule has 1 aromatic heterocycles. The zero-order valence-corrected chi connectivity index (χ0v) is 10.5. The van der Waals surface area contributed by atoms with E-state index in [1.807, 2.05) is 12.1 Å². The average molecular weight is 251 g/mol. The molecule has 0 saturated carbocycles. The topological polar surface area (TPSA) is 66.4 Å². The van der Waals surface area contributed by atoms with Gasteiger partial charge in [0.25, 0.3) is 0 Å². The van der Waals surface area contributed by atoms with E-state index in [2.05, 4.69) is 15.6 Å². The highest BCUT2D eigenvalue weighted by Crippen LogP contribution is 2.06. The van der Waals surface area contributed by atoms with Gasteiger partial charge in [-0.15, -0.1) is 0 Å². The lowest BCUT2D eigenvalue weighted by molar-refractivity contribution is 0.102. The number of hydrogen-bond donors (Lipinski definition) is 3. The van der Waals surface area contributed by atoms with Gasteiger partial charge in [0, 0.05) is 18.8 Å². The predicted molar refractivity (Wildman–Crippen MR) is 69.6 cm³/mol. The van der Waals surface area contributed by atoms with Crippen molar-refractivity contribution in [1.82, 2.24) is 15.6 Å². The minimum atomic E-state index is -0.486. The standard InChI is InChI=1S/C13H21N3O2/c17-12(8-16-11-3-6-14-7-4-11)10-18-13-2-1-5-15-9-13/h1-2,5,9,11-12,14,16-17H,3-4,6-8,10H2/t12-/m0/s1. The van der Waals surface area contributed by atoms with Crippen molar-refractivity contribution in [2.75, 3.05) is 26.2 Å². The maximum atomic E-state index is 9.82. The van der Waals surface area contributed by atoms with Crippen molar-refractivity contribution in [2.24, 2.45) is 0 Å². The zero-order chi connectivity index (χ0) is 12.6. The van der Waals surface area contributed by atoms with Gasteiger partial charge in [0.2, 0.25) is 0 Å². The monoisotopic (exact) mass is 251 g/mol. The summed E-state index contributed by atoms with van der Waals surface area (Å²) in [4.78, 5) is 3.95. The van der Waals surface area contributed by atoms with E-state index in [1.54, 1.807) is 12.4 Å². The molecule has 5 heteroatoms. The number of aliphatic hydroxyl groups excluding tert-OH is 1. The summed E-state index contributed by atoms with van der Waals surface area (Å²) in [5.41, 5.74) is 0. The summed E-state index contributed by atoms with van der Waals surface area (Å²) in [6, 6.07) is 4.16. The summed E-state index contributed by atoms with van der Waals surface area (Å²) in [6.07, 6.45) is 5.10. The van der Waals surface area contributed by atoms with Crippen molar-refractivity contribution in [2.45, 2.75) is 25.0 Å². The molecular weight excluding hydrogens is 230 g/mol. The lowest BCUT2D eigenvalue weighted by atomic mass is 10.1. The number of ether oxygens (including phenoxy) is 1. The molecular formula is C13H21N3O2. The lowest BCUT2D eigenvalue weighted by Gasteiger charge is -2.25. The molecule has 18 heavy (non-hydrogen) atoms. The molecule has 0 radical (unpaired) electrons. The Morgan fingerprint density at radius 2 is 2.33 bits per heavy atom. The largest absolute Gasteiger partial charge is 0.489 e. The Morgan fingerprint density at radius 1 is 1.50 bits per heavy atom. The van der Waals surface area contributed by atoms with E-state index < -0.39 is 6.10 Å². The summed E-state index contributed by atoms with van der Waals surface area (Å²) in [7, 11) is 0. The van der Waals surface area contributed by atoms with Crippen LogP contribution < -0.4 is 15.4 Å². The van der Waals surface area contributed by atoms with E-state index >= 15 is 0 Å². The molecule has 1 aliphatic heterocycles. The maximum Gasteiger partial charge on any atom is 0.137 e. The van der Waals surface area contributed by atoms with Gasteiger partial charge in [-0.2, -0.15) is 0 Å². The van der Waals surface area contributed by atoms with Crippen LogP contribution in [0.2, 0.25) is 0 Å². The molecule has 2 rings (SSSR count). The third kappa shape index (κ3) is 4.60. The maximum absolute atomic E-state index is 9.82. The molecule has 5 nitrogen and oxygen atoms in total. The zero-order valence-electron chi connectivity index (χ0n) is 10.5. The van der Waals surface area contributed by atoms with Crippen LogP contribution in [0.15, 0.2) is 24.5 Å². The number of piperidine rings is 1. The summed E-state index contributed by atoms with van der Waals surface area (Å²) in [5.74, 6) is 0.693. The van der Waals surface area contributed by atoms with Crippen molar-refractivity contribution in [3.63, 3.8) is 0 Å². The second-order valence-corrected chi connectivity index (χ2v) is 4.59. The molecule has 0 aliphatic carbocycles. The lowest BCUT2D eigenvalue weighted by Crippen LogP contribution is -2.43. The number of nitrogens with zero attached hydrogens (tertiary/aromatic N) is 1. The van der Waals surface area contributed by atoms with E-state index in [0.29, 0.717) is 24.9 Å².